The summed E-state index contributed by atoms with van der Waals surface area (Å²) in [5.41, 5.74) is 0.629. The van der Waals surface area contributed by atoms with E-state index in [0.717, 1.165) is 11.1 Å². The molecular weight excluding hydrogens is 324 g/mol. The maximum Gasteiger partial charge on any atom is 0.337 e. The molecule has 2 aliphatic rings. The van der Waals surface area contributed by atoms with Crippen LogP contribution in [0.4, 0.5) is 0 Å². The lowest BCUT2D eigenvalue weighted by Gasteiger charge is -2.20. The van der Waals surface area contributed by atoms with Gasteiger partial charge in [-0.1, -0.05) is 18.7 Å². The zero-order valence-corrected chi connectivity index (χ0v) is 14.8. The fourth-order valence-corrected chi connectivity index (χ4v) is 2.94. The van der Waals surface area contributed by atoms with Gasteiger partial charge >= 0.3 is 11.9 Å². The Morgan fingerprint density at radius 1 is 1.40 bits per heavy atom. The van der Waals surface area contributed by atoms with Crippen LogP contribution < -0.4 is 0 Å². The second-order valence-electron chi connectivity index (χ2n) is 7.07. The van der Waals surface area contributed by atoms with Crippen molar-refractivity contribution in [2.45, 2.75) is 51.2 Å². The van der Waals surface area contributed by atoms with Crippen molar-refractivity contribution >= 4 is 11.9 Å². The van der Waals surface area contributed by atoms with Crippen LogP contribution in [0.5, 0.6) is 0 Å². The van der Waals surface area contributed by atoms with Crippen LogP contribution in [-0.2, 0) is 19.1 Å². The lowest BCUT2D eigenvalue weighted by molar-refractivity contribution is -0.160. The number of hydrogen-bond donors (Lipinski definition) is 2. The lowest BCUT2D eigenvalue weighted by Crippen LogP contribution is -2.33. The summed E-state index contributed by atoms with van der Waals surface area (Å²) in [5.74, 6) is -1.23. The Hall–Kier alpha value is -1.92. The highest BCUT2D eigenvalue weighted by Gasteiger charge is 2.38. The molecule has 0 aromatic carbocycles. The highest BCUT2D eigenvalue weighted by atomic mass is 16.6. The third-order valence-electron chi connectivity index (χ3n) is 4.53. The predicted molar refractivity (Wildman–Crippen MR) is 91.5 cm³/mol. The Balaban J connectivity index is 2.13. The summed E-state index contributed by atoms with van der Waals surface area (Å²) in [6.45, 7) is 6.58. The van der Waals surface area contributed by atoms with Gasteiger partial charge in [-0.05, 0) is 44.3 Å². The molecule has 0 bridgehead atoms. The number of esters is 2. The van der Waals surface area contributed by atoms with Crippen molar-refractivity contribution in [3.8, 4) is 0 Å². The molecule has 0 aromatic rings. The van der Waals surface area contributed by atoms with Crippen LogP contribution in [0.2, 0.25) is 0 Å². The van der Waals surface area contributed by atoms with Gasteiger partial charge in [0.2, 0.25) is 0 Å². The molecule has 1 heterocycles. The van der Waals surface area contributed by atoms with E-state index in [2.05, 4.69) is 6.58 Å². The third-order valence-corrected chi connectivity index (χ3v) is 4.53. The van der Waals surface area contributed by atoms with Crippen molar-refractivity contribution in [3.63, 3.8) is 0 Å². The fourth-order valence-electron chi connectivity index (χ4n) is 2.94. The normalized spacial score (nSPS) is 29.0. The van der Waals surface area contributed by atoms with E-state index in [0.29, 0.717) is 31.3 Å². The minimum absolute atomic E-state index is 0.0834. The van der Waals surface area contributed by atoms with Crippen molar-refractivity contribution in [1.82, 2.24) is 0 Å². The Morgan fingerprint density at radius 3 is 2.76 bits per heavy atom. The smallest absolute Gasteiger partial charge is 0.337 e. The molecule has 138 valence electrons. The van der Waals surface area contributed by atoms with Crippen LogP contribution in [0.15, 0.2) is 35.5 Å². The molecule has 2 atom stereocenters. The SMILES string of the molecule is C=C1C(=O)O[C@@H]2C/C(CO)=C/CC/C(COC(=O)C(C)(C)O)=C\C[C@@H]12. The average Bonchev–Trinajstić information content (AvgIpc) is 2.81. The predicted octanol–water partition coefficient (Wildman–Crippen LogP) is 1.82. The number of ether oxygens (including phenoxy) is 2. The van der Waals surface area contributed by atoms with E-state index >= 15 is 0 Å². The van der Waals surface area contributed by atoms with Crippen LogP contribution in [0, 0.1) is 5.92 Å². The summed E-state index contributed by atoms with van der Waals surface area (Å²) in [7, 11) is 0. The molecule has 1 aliphatic heterocycles. The number of allylic oxidation sites excluding steroid dienone is 2. The van der Waals surface area contributed by atoms with Gasteiger partial charge in [-0.3, -0.25) is 0 Å². The lowest BCUT2D eigenvalue weighted by atomic mass is 9.87. The number of aliphatic hydroxyl groups excluding tert-OH is 1. The van der Waals surface area contributed by atoms with E-state index in [9.17, 15) is 19.8 Å². The zero-order chi connectivity index (χ0) is 18.6. The van der Waals surface area contributed by atoms with Gasteiger partial charge in [0.25, 0.3) is 0 Å². The second kappa shape index (κ2) is 7.97. The molecular formula is C19H26O6. The molecule has 0 saturated carbocycles. The van der Waals surface area contributed by atoms with E-state index in [1.54, 1.807) is 0 Å². The molecule has 0 amide bonds. The van der Waals surface area contributed by atoms with Gasteiger partial charge in [0.05, 0.1) is 6.61 Å². The molecule has 0 unspecified atom stereocenters. The Bertz CT molecular complexity index is 608. The van der Waals surface area contributed by atoms with E-state index in [4.69, 9.17) is 9.47 Å². The van der Waals surface area contributed by atoms with Crippen LogP contribution >= 0.6 is 0 Å². The number of carbonyl (C=O) groups excluding carboxylic acids is 2. The Kier molecular flexibility index (Phi) is 6.19. The number of hydrogen-bond acceptors (Lipinski definition) is 6. The molecule has 2 rings (SSSR count). The van der Waals surface area contributed by atoms with E-state index < -0.39 is 17.5 Å². The molecule has 2 N–H and O–H groups in total. The first-order chi connectivity index (χ1) is 11.7. The van der Waals surface area contributed by atoms with Gasteiger partial charge in [0.15, 0.2) is 5.60 Å². The minimum Gasteiger partial charge on any atom is -0.459 e. The summed E-state index contributed by atoms with van der Waals surface area (Å²) in [5, 5.41) is 19.2. The molecule has 0 spiro atoms. The molecule has 1 aliphatic carbocycles. The van der Waals surface area contributed by atoms with E-state index in [1.165, 1.54) is 13.8 Å². The quantitative estimate of drug-likeness (QED) is 0.456. The average molecular weight is 350 g/mol. The summed E-state index contributed by atoms with van der Waals surface area (Å²) in [6, 6.07) is 0. The van der Waals surface area contributed by atoms with Crippen LogP contribution in [-0.4, -0.2) is 47.1 Å². The molecule has 25 heavy (non-hydrogen) atoms. The van der Waals surface area contributed by atoms with Gasteiger partial charge in [-0.25, -0.2) is 9.59 Å². The molecule has 6 nitrogen and oxygen atoms in total. The standard InChI is InChI=1S/C19H26O6/c1-12-15-8-7-13(11-24-18(22)19(2,3)23)5-4-6-14(10-20)9-16(15)25-17(12)21/h6-7,15-16,20,23H,1,4-5,8-11H2,2-3H3/b13-7+,14-6-/t15-,16+/m0/s1. The fraction of sp³-hybridized carbons (Fsp3) is 0.579. The van der Waals surface area contributed by atoms with Crippen LogP contribution in [0.3, 0.4) is 0 Å². The summed E-state index contributed by atoms with van der Waals surface area (Å²) < 4.78 is 10.6. The maximum atomic E-state index is 11.8. The maximum absolute atomic E-state index is 11.8. The van der Waals surface area contributed by atoms with Crippen molar-refractivity contribution in [2.24, 2.45) is 5.92 Å². The van der Waals surface area contributed by atoms with Crippen molar-refractivity contribution in [1.29, 1.82) is 0 Å². The van der Waals surface area contributed by atoms with Gasteiger partial charge in [-0.15, -0.1) is 0 Å². The third kappa shape index (κ3) is 5.03. The van der Waals surface area contributed by atoms with Crippen LogP contribution in [0.25, 0.3) is 0 Å². The van der Waals surface area contributed by atoms with Gasteiger partial charge in [-0.2, -0.15) is 0 Å². The van der Waals surface area contributed by atoms with Crippen LogP contribution in [0.1, 0.15) is 39.5 Å². The van der Waals surface area contributed by atoms with Gasteiger partial charge < -0.3 is 19.7 Å². The largest absolute Gasteiger partial charge is 0.459 e. The van der Waals surface area contributed by atoms with Crippen molar-refractivity contribution < 1.29 is 29.3 Å². The molecule has 0 radical (unpaired) electrons. The topological polar surface area (TPSA) is 93.1 Å². The monoisotopic (exact) mass is 350 g/mol. The van der Waals surface area contributed by atoms with E-state index in [-0.39, 0.29) is 25.2 Å². The number of rotatable bonds is 4. The van der Waals surface area contributed by atoms with Gasteiger partial charge in [0, 0.05) is 17.9 Å². The molecule has 1 saturated heterocycles. The minimum atomic E-state index is -1.54. The highest BCUT2D eigenvalue weighted by Crippen LogP contribution is 2.34. The van der Waals surface area contributed by atoms with E-state index in [1.807, 2.05) is 12.2 Å². The highest BCUT2D eigenvalue weighted by molar-refractivity contribution is 5.90. The van der Waals surface area contributed by atoms with Crippen molar-refractivity contribution in [2.75, 3.05) is 13.2 Å². The second-order valence-corrected chi connectivity index (χ2v) is 7.07. The summed E-state index contributed by atoms with van der Waals surface area (Å²) in [6.07, 6.45) is 5.98. The number of aliphatic hydroxyl groups is 2. The molecule has 1 fully saturated rings. The first-order valence-electron chi connectivity index (χ1n) is 8.48. The van der Waals surface area contributed by atoms with Gasteiger partial charge in [0.1, 0.15) is 12.7 Å². The molecule has 6 heteroatoms. The first-order valence-corrected chi connectivity index (χ1v) is 8.48. The Morgan fingerprint density at radius 2 is 2.12 bits per heavy atom. The first kappa shape index (κ1) is 19.4. The number of fused-ring (bicyclic) bond motifs is 1. The Labute approximate surface area is 147 Å². The molecule has 0 aromatic heterocycles. The number of carbonyl (C=O) groups is 2. The summed E-state index contributed by atoms with van der Waals surface area (Å²) >= 11 is 0. The summed E-state index contributed by atoms with van der Waals surface area (Å²) in [4.78, 5) is 23.6. The zero-order valence-electron chi connectivity index (χ0n) is 14.8. The van der Waals surface area contributed by atoms with Crippen molar-refractivity contribution in [3.05, 3.63) is 35.5 Å².